The molecule has 1 aromatic carbocycles. The zero-order valence-corrected chi connectivity index (χ0v) is 8.97. The van der Waals surface area contributed by atoms with E-state index in [0.717, 1.165) is 5.56 Å². The summed E-state index contributed by atoms with van der Waals surface area (Å²) in [6.07, 6.45) is 2.75. The molecule has 0 heterocycles. The lowest BCUT2D eigenvalue weighted by atomic mass is 10.1. The minimum absolute atomic E-state index is 0.234. The zero-order chi connectivity index (χ0) is 12.0. The fourth-order valence-corrected chi connectivity index (χ4v) is 1.07. The van der Waals surface area contributed by atoms with E-state index in [-0.39, 0.29) is 12.2 Å². The molecule has 0 aliphatic carbocycles. The third-order valence-electron chi connectivity index (χ3n) is 1.94. The maximum absolute atomic E-state index is 11.2. The molecule has 0 bridgehead atoms. The van der Waals surface area contributed by atoms with E-state index in [1.54, 1.807) is 30.3 Å². The predicted molar refractivity (Wildman–Crippen MR) is 61.5 cm³/mol. The molecule has 0 spiro atoms. The van der Waals surface area contributed by atoms with Gasteiger partial charge in [-0.3, -0.25) is 9.59 Å². The number of ketones is 1. The second-order valence-electron chi connectivity index (χ2n) is 3.22. The quantitative estimate of drug-likeness (QED) is 0.360. The van der Waals surface area contributed by atoms with Gasteiger partial charge in [0.1, 0.15) is 6.42 Å². The summed E-state index contributed by atoms with van der Waals surface area (Å²) in [7, 11) is 1.25. The first-order valence-corrected chi connectivity index (χ1v) is 4.75. The van der Waals surface area contributed by atoms with E-state index in [1.165, 1.54) is 13.2 Å². The van der Waals surface area contributed by atoms with Crippen LogP contribution in [0.3, 0.4) is 0 Å². The summed E-state index contributed by atoms with van der Waals surface area (Å²) in [4.78, 5) is 22.0. The highest BCUT2D eigenvalue weighted by Crippen LogP contribution is 2.07. The molecule has 0 aliphatic rings. The first kappa shape index (κ1) is 12.0. The third-order valence-corrected chi connectivity index (χ3v) is 1.94. The molecule has 0 fully saturated rings. The summed E-state index contributed by atoms with van der Waals surface area (Å²) in [6.45, 7) is 0. The highest BCUT2D eigenvalue weighted by molar-refractivity contribution is 6.03. The maximum Gasteiger partial charge on any atom is 0.313 e. The number of esters is 1. The molecule has 0 unspecified atom stereocenters. The van der Waals surface area contributed by atoms with Gasteiger partial charge in [-0.15, -0.1) is 0 Å². The molecule has 0 saturated carbocycles. The van der Waals surface area contributed by atoms with Crippen LogP contribution in [0.4, 0.5) is 5.69 Å². The molecule has 0 atom stereocenters. The average molecular weight is 219 g/mol. The summed E-state index contributed by atoms with van der Waals surface area (Å²) >= 11 is 0. The molecule has 1 rings (SSSR count). The second-order valence-corrected chi connectivity index (χ2v) is 3.22. The van der Waals surface area contributed by atoms with Crippen LogP contribution in [0.5, 0.6) is 0 Å². The van der Waals surface area contributed by atoms with Crippen molar-refractivity contribution >= 4 is 23.5 Å². The standard InChI is InChI=1S/C12H13NO3/c1-16-12(15)8-11(14)7-4-9-2-5-10(13)6-3-9/h2-7H,8,13H2,1H3/b7-4+. The molecule has 0 aliphatic heterocycles. The minimum atomic E-state index is -0.535. The van der Waals surface area contributed by atoms with Crippen LogP contribution in [0, 0.1) is 0 Å². The van der Waals surface area contributed by atoms with Crippen LogP contribution in [-0.4, -0.2) is 18.9 Å². The number of nitrogens with two attached hydrogens (primary N) is 1. The maximum atomic E-state index is 11.2. The van der Waals surface area contributed by atoms with Crippen LogP contribution in [0.25, 0.3) is 6.08 Å². The fourth-order valence-electron chi connectivity index (χ4n) is 1.07. The Morgan fingerprint density at radius 1 is 1.31 bits per heavy atom. The summed E-state index contributed by atoms with van der Waals surface area (Å²) in [5.74, 6) is -0.823. The minimum Gasteiger partial charge on any atom is -0.469 e. The van der Waals surface area contributed by atoms with E-state index in [0.29, 0.717) is 5.69 Å². The molecule has 0 aromatic heterocycles. The molecule has 4 heteroatoms. The SMILES string of the molecule is COC(=O)CC(=O)/C=C/c1ccc(N)cc1. The van der Waals surface area contributed by atoms with Crippen LogP contribution in [0.15, 0.2) is 30.3 Å². The van der Waals surface area contributed by atoms with Crippen molar-refractivity contribution in [3.63, 3.8) is 0 Å². The molecule has 0 radical (unpaired) electrons. The molecule has 1 aromatic rings. The third kappa shape index (κ3) is 3.96. The molecule has 0 saturated heterocycles. The van der Waals surface area contributed by atoms with Crippen molar-refractivity contribution in [1.82, 2.24) is 0 Å². The summed E-state index contributed by atoms with van der Waals surface area (Å²) in [6, 6.07) is 7.06. The number of ether oxygens (including phenoxy) is 1. The Balaban J connectivity index is 2.56. The first-order chi connectivity index (χ1) is 7.61. The van der Waals surface area contributed by atoms with Crippen molar-refractivity contribution in [3.8, 4) is 0 Å². The summed E-state index contributed by atoms with van der Waals surface area (Å²) < 4.78 is 4.38. The van der Waals surface area contributed by atoms with Gasteiger partial charge in [0, 0.05) is 5.69 Å². The Labute approximate surface area is 93.7 Å². The number of carbonyl (C=O) groups excluding carboxylic acids is 2. The highest BCUT2D eigenvalue weighted by Gasteiger charge is 2.05. The topological polar surface area (TPSA) is 69.4 Å². The number of hydrogen-bond donors (Lipinski definition) is 1. The second kappa shape index (κ2) is 5.70. The normalized spacial score (nSPS) is 10.3. The molecule has 0 amide bonds. The van der Waals surface area contributed by atoms with Gasteiger partial charge in [0.05, 0.1) is 7.11 Å². The van der Waals surface area contributed by atoms with Crippen molar-refractivity contribution in [2.75, 3.05) is 12.8 Å². The molecule has 2 N–H and O–H groups in total. The van der Waals surface area contributed by atoms with Gasteiger partial charge in [-0.05, 0) is 23.8 Å². The smallest absolute Gasteiger partial charge is 0.313 e. The van der Waals surface area contributed by atoms with Gasteiger partial charge in [0.2, 0.25) is 0 Å². The highest BCUT2D eigenvalue weighted by atomic mass is 16.5. The summed E-state index contributed by atoms with van der Waals surface area (Å²) in [5, 5.41) is 0. The molecule has 16 heavy (non-hydrogen) atoms. The van der Waals surface area contributed by atoms with Gasteiger partial charge >= 0.3 is 5.97 Å². The van der Waals surface area contributed by atoms with Crippen LogP contribution < -0.4 is 5.73 Å². The lowest BCUT2D eigenvalue weighted by Crippen LogP contribution is -2.06. The number of rotatable bonds is 4. The van der Waals surface area contributed by atoms with Gasteiger partial charge < -0.3 is 10.5 Å². The van der Waals surface area contributed by atoms with Crippen molar-refractivity contribution in [2.24, 2.45) is 0 Å². The van der Waals surface area contributed by atoms with Crippen LogP contribution in [0.1, 0.15) is 12.0 Å². The van der Waals surface area contributed by atoms with Crippen molar-refractivity contribution in [2.45, 2.75) is 6.42 Å². The Morgan fingerprint density at radius 3 is 2.50 bits per heavy atom. The Morgan fingerprint density at radius 2 is 1.94 bits per heavy atom. The number of benzene rings is 1. The van der Waals surface area contributed by atoms with Gasteiger partial charge in [0.25, 0.3) is 0 Å². The first-order valence-electron chi connectivity index (χ1n) is 4.75. The number of anilines is 1. The van der Waals surface area contributed by atoms with E-state index in [9.17, 15) is 9.59 Å². The molecular weight excluding hydrogens is 206 g/mol. The van der Waals surface area contributed by atoms with E-state index >= 15 is 0 Å². The fraction of sp³-hybridized carbons (Fsp3) is 0.167. The van der Waals surface area contributed by atoms with Crippen molar-refractivity contribution in [3.05, 3.63) is 35.9 Å². The Kier molecular flexibility index (Phi) is 4.27. The Hall–Kier alpha value is -2.10. The largest absolute Gasteiger partial charge is 0.469 e. The van der Waals surface area contributed by atoms with Gasteiger partial charge in [-0.25, -0.2) is 0 Å². The molecule has 4 nitrogen and oxygen atoms in total. The van der Waals surface area contributed by atoms with Crippen LogP contribution >= 0.6 is 0 Å². The number of allylic oxidation sites excluding steroid dienone is 1. The van der Waals surface area contributed by atoms with Crippen molar-refractivity contribution < 1.29 is 14.3 Å². The summed E-state index contributed by atoms with van der Waals surface area (Å²) in [5.41, 5.74) is 7.03. The monoisotopic (exact) mass is 219 g/mol. The predicted octanol–water partition coefficient (Wildman–Crippen LogP) is 1.41. The van der Waals surface area contributed by atoms with E-state index in [4.69, 9.17) is 5.73 Å². The number of nitrogen functional groups attached to an aromatic ring is 1. The molecular formula is C12H13NO3. The van der Waals surface area contributed by atoms with E-state index in [2.05, 4.69) is 4.74 Å². The number of carbonyl (C=O) groups is 2. The zero-order valence-electron chi connectivity index (χ0n) is 8.97. The Bertz CT molecular complexity index is 407. The van der Waals surface area contributed by atoms with Crippen LogP contribution in [0.2, 0.25) is 0 Å². The van der Waals surface area contributed by atoms with Crippen molar-refractivity contribution in [1.29, 1.82) is 0 Å². The van der Waals surface area contributed by atoms with Crippen LogP contribution in [-0.2, 0) is 14.3 Å². The lowest BCUT2D eigenvalue weighted by Gasteiger charge is -1.95. The van der Waals surface area contributed by atoms with Gasteiger partial charge in [-0.2, -0.15) is 0 Å². The number of hydrogen-bond acceptors (Lipinski definition) is 4. The lowest BCUT2D eigenvalue weighted by molar-refractivity contribution is -0.142. The average Bonchev–Trinajstić information content (AvgIpc) is 2.28. The number of methoxy groups -OCH3 is 1. The van der Waals surface area contributed by atoms with Gasteiger partial charge in [0.15, 0.2) is 5.78 Å². The molecule has 84 valence electrons. The van der Waals surface area contributed by atoms with E-state index < -0.39 is 5.97 Å². The van der Waals surface area contributed by atoms with Gasteiger partial charge in [-0.1, -0.05) is 18.2 Å². The van der Waals surface area contributed by atoms with E-state index in [1.807, 2.05) is 0 Å².